The molecule has 1 N–H and O–H groups in total. The zero-order valence-electron chi connectivity index (χ0n) is 16.9. The Kier molecular flexibility index (Phi) is 7.00. The van der Waals surface area contributed by atoms with Gasteiger partial charge in [-0.25, -0.2) is 8.42 Å². The molecule has 156 valence electrons. The fraction of sp³-hybridized carbons (Fsp3) is 0.429. The number of carbonyl (C=O) groups excluding carboxylic acids is 1. The topological polar surface area (TPSA) is 82.6 Å². The maximum absolute atomic E-state index is 12.7. The minimum Gasteiger partial charge on any atom is -0.325 e. The molecule has 1 amide bonds. The Morgan fingerprint density at radius 2 is 1.93 bits per heavy atom. The number of hydrogen-bond acceptors (Lipinski definition) is 5. The first-order valence-corrected chi connectivity index (χ1v) is 11.4. The predicted octanol–water partition coefficient (Wildman–Crippen LogP) is 2.72. The van der Waals surface area contributed by atoms with Crippen LogP contribution in [0.3, 0.4) is 0 Å². The van der Waals surface area contributed by atoms with Gasteiger partial charge in [0.15, 0.2) is 0 Å². The van der Waals surface area contributed by atoms with Gasteiger partial charge in [0.1, 0.15) is 0 Å². The molecule has 3 rings (SSSR count). The molecule has 0 spiro atoms. The molecule has 0 saturated heterocycles. The number of nitrogens with one attached hydrogen (secondary N) is 1. The summed E-state index contributed by atoms with van der Waals surface area (Å²) in [6, 6.07) is 10.7. The van der Waals surface area contributed by atoms with E-state index >= 15 is 0 Å². The number of aromatic nitrogens is 1. The second kappa shape index (κ2) is 9.47. The zero-order valence-corrected chi connectivity index (χ0v) is 17.7. The van der Waals surface area contributed by atoms with Gasteiger partial charge in [0.05, 0.1) is 11.4 Å². The van der Waals surface area contributed by atoms with Crippen molar-refractivity contribution in [3.05, 3.63) is 54.4 Å². The molecular weight excluding hydrogens is 388 g/mol. The van der Waals surface area contributed by atoms with Gasteiger partial charge in [0.25, 0.3) is 0 Å². The molecule has 1 aliphatic rings. The van der Waals surface area contributed by atoms with Gasteiger partial charge >= 0.3 is 0 Å². The average molecular weight is 417 g/mol. The fourth-order valence-electron chi connectivity index (χ4n) is 3.31. The van der Waals surface area contributed by atoms with Crippen LogP contribution in [0.1, 0.15) is 32.3 Å². The Morgan fingerprint density at radius 1 is 1.17 bits per heavy atom. The van der Waals surface area contributed by atoms with Crippen LogP contribution in [0, 0.1) is 0 Å². The standard InChI is InChI=1S/C21H28N4O3S/c1-3-25(4-2)29(27,28)20-9-5-8-18(13-20)23-21(26)16-24(19-10-11-19)15-17-7-6-12-22-14-17/h5-9,12-14,19H,3-4,10-11,15-16H2,1-2H3,(H,23,26). The first kappa shape index (κ1) is 21.4. The molecule has 1 fully saturated rings. The predicted molar refractivity (Wildman–Crippen MR) is 113 cm³/mol. The van der Waals surface area contributed by atoms with Gasteiger partial charge in [-0.3, -0.25) is 14.7 Å². The second-order valence-electron chi connectivity index (χ2n) is 7.16. The van der Waals surface area contributed by atoms with E-state index in [2.05, 4.69) is 15.2 Å². The van der Waals surface area contributed by atoms with E-state index in [9.17, 15) is 13.2 Å². The monoisotopic (exact) mass is 416 g/mol. The molecule has 29 heavy (non-hydrogen) atoms. The van der Waals surface area contributed by atoms with Gasteiger partial charge < -0.3 is 5.32 Å². The molecular formula is C21H28N4O3S. The molecule has 1 aromatic carbocycles. The molecule has 0 bridgehead atoms. The Bertz CT molecular complexity index is 926. The van der Waals surface area contributed by atoms with Crippen molar-refractivity contribution in [2.75, 3.05) is 25.0 Å². The number of pyridine rings is 1. The minimum atomic E-state index is -3.56. The molecule has 1 heterocycles. The summed E-state index contributed by atoms with van der Waals surface area (Å²) < 4.78 is 26.8. The second-order valence-corrected chi connectivity index (χ2v) is 9.10. The van der Waals surface area contributed by atoms with Gasteiger partial charge in [-0.1, -0.05) is 26.0 Å². The maximum atomic E-state index is 12.7. The highest BCUT2D eigenvalue weighted by atomic mass is 32.2. The van der Waals surface area contributed by atoms with Gasteiger partial charge in [-0.15, -0.1) is 0 Å². The number of rotatable bonds is 10. The number of nitrogens with zero attached hydrogens (tertiary/aromatic N) is 3. The first-order chi connectivity index (χ1) is 13.9. The highest BCUT2D eigenvalue weighted by Gasteiger charge is 2.30. The van der Waals surface area contributed by atoms with Crippen LogP contribution >= 0.6 is 0 Å². The van der Waals surface area contributed by atoms with Crippen molar-refractivity contribution in [2.45, 2.75) is 44.2 Å². The first-order valence-electron chi connectivity index (χ1n) is 9.97. The number of amides is 1. The number of sulfonamides is 1. The van der Waals surface area contributed by atoms with E-state index in [0.717, 1.165) is 18.4 Å². The van der Waals surface area contributed by atoms with Crippen LogP contribution < -0.4 is 5.32 Å². The third kappa shape index (κ3) is 5.62. The highest BCUT2D eigenvalue weighted by molar-refractivity contribution is 7.89. The minimum absolute atomic E-state index is 0.154. The third-order valence-corrected chi connectivity index (χ3v) is 7.03. The summed E-state index contributed by atoms with van der Waals surface area (Å²) >= 11 is 0. The summed E-state index contributed by atoms with van der Waals surface area (Å²) in [5.74, 6) is -0.154. The van der Waals surface area contributed by atoms with Crippen molar-refractivity contribution >= 4 is 21.6 Å². The van der Waals surface area contributed by atoms with Crippen LogP contribution in [0.2, 0.25) is 0 Å². The SMILES string of the molecule is CCN(CC)S(=O)(=O)c1cccc(NC(=O)CN(Cc2cccnc2)C2CC2)c1. The molecule has 8 heteroatoms. The van der Waals surface area contributed by atoms with E-state index < -0.39 is 10.0 Å². The maximum Gasteiger partial charge on any atom is 0.243 e. The van der Waals surface area contributed by atoms with Gasteiger partial charge in [0.2, 0.25) is 15.9 Å². The van der Waals surface area contributed by atoms with Crippen molar-refractivity contribution in [3.8, 4) is 0 Å². The molecule has 0 unspecified atom stereocenters. The van der Waals surface area contributed by atoms with Crippen molar-refractivity contribution in [1.29, 1.82) is 0 Å². The van der Waals surface area contributed by atoms with Crippen molar-refractivity contribution in [2.24, 2.45) is 0 Å². The van der Waals surface area contributed by atoms with Gasteiger partial charge in [0, 0.05) is 43.8 Å². The van der Waals surface area contributed by atoms with Crippen LogP contribution in [-0.2, 0) is 21.4 Å². The Balaban J connectivity index is 1.67. The van der Waals surface area contributed by atoms with Crippen LogP contribution in [0.25, 0.3) is 0 Å². The van der Waals surface area contributed by atoms with Gasteiger partial charge in [-0.05, 0) is 42.7 Å². The van der Waals surface area contributed by atoms with Crippen molar-refractivity contribution < 1.29 is 13.2 Å². The number of hydrogen-bond donors (Lipinski definition) is 1. The molecule has 1 saturated carbocycles. The third-order valence-electron chi connectivity index (χ3n) is 4.98. The van der Waals surface area contributed by atoms with Crippen LogP contribution in [0.15, 0.2) is 53.7 Å². The van der Waals surface area contributed by atoms with Crippen LogP contribution in [0.5, 0.6) is 0 Å². The zero-order chi connectivity index (χ0) is 20.9. The molecule has 0 radical (unpaired) electrons. The van der Waals surface area contributed by atoms with Crippen molar-refractivity contribution in [3.63, 3.8) is 0 Å². The molecule has 7 nitrogen and oxygen atoms in total. The lowest BCUT2D eigenvalue weighted by atomic mass is 10.2. The number of benzene rings is 1. The molecule has 0 atom stereocenters. The molecule has 0 aliphatic heterocycles. The smallest absolute Gasteiger partial charge is 0.243 e. The number of carbonyl (C=O) groups is 1. The Labute approximate surface area is 172 Å². The van der Waals surface area contributed by atoms with Crippen LogP contribution in [0.4, 0.5) is 5.69 Å². The summed E-state index contributed by atoms with van der Waals surface area (Å²) in [6.07, 6.45) is 5.72. The van der Waals surface area contributed by atoms with Crippen LogP contribution in [-0.4, -0.2) is 54.2 Å². The lowest BCUT2D eigenvalue weighted by molar-refractivity contribution is -0.117. The summed E-state index contributed by atoms with van der Waals surface area (Å²) in [7, 11) is -3.56. The highest BCUT2D eigenvalue weighted by Crippen LogP contribution is 2.28. The van der Waals surface area contributed by atoms with E-state index in [1.807, 2.05) is 18.3 Å². The summed E-state index contributed by atoms with van der Waals surface area (Å²) in [6.45, 7) is 5.35. The summed E-state index contributed by atoms with van der Waals surface area (Å²) in [4.78, 5) is 19.1. The van der Waals surface area contributed by atoms with E-state index in [1.165, 1.54) is 10.4 Å². The largest absolute Gasteiger partial charge is 0.325 e. The summed E-state index contributed by atoms with van der Waals surface area (Å²) in [5.41, 5.74) is 1.56. The molecule has 1 aromatic heterocycles. The normalized spacial score (nSPS) is 14.3. The fourth-order valence-corrected chi connectivity index (χ4v) is 4.82. The number of anilines is 1. The van der Waals surface area contributed by atoms with E-state index in [4.69, 9.17) is 0 Å². The van der Waals surface area contributed by atoms with E-state index in [-0.39, 0.29) is 17.3 Å². The van der Waals surface area contributed by atoms with E-state index in [1.54, 1.807) is 38.2 Å². The molecule has 2 aromatic rings. The summed E-state index contributed by atoms with van der Waals surface area (Å²) in [5, 5.41) is 2.85. The average Bonchev–Trinajstić information content (AvgIpc) is 3.54. The van der Waals surface area contributed by atoms with E-state index in [0.29, 0.717) is 31.4 Å². The quantitative estimate of drug-likeness (QED) is 0.644. The van der Waals surface area contributed by atoms with Gasteiger partial charge in [-0.2, -0.15) is 4.31 Å². The Hall–Kier alpha value is -2.29. The Morgan fingerprint density at radius 3 is 2.55 bits per heavy atom. The lowest BCUT2D eigenvalue weighted by Crippen LogP contribution is -2.34. The molecule has 1 aliphatic carbocycles. The lowest BCUT2D eigenvalue weighted by Gasteiger charge is -2.22. The van der Waals surface area contributed by atoms with Crippen molar-refractivity contribution in [1.82, 2.24) is 14.2 Å².